The Morgan fingerprint density at radius 2 is 1.78 bits per heavy atom. The second-order valence-electron chi connectivity index (χ2n) is 8.03. The molecule has 0 radical (unpaired) electrons. The van der Waals surface area contributed by atoms with Crippen LogP contribution in [0.25, 0.3) is 0 Å². The van der Waals surface area contributed by atoms with Gasteiger partial charge in [0.05, 0.1) is 13.2 Å². The zero-order valence-corrected chi connectivity index (χ0v) is 18.9. The number of benzene rings is 2. The lowest BCUT2D eigenvalue weighted by atomic mass is 9.98. The van der Waals surface area contributed by atoms with Crippen LogP contribution in [0.4, 0.5) is 11.4 Å². The predicted octanol–water partition coefficient (Wildman–Crippen LogP) is 4.02. The molecular weight excluding hydrogens is 406 g/mol. The number of hydrogen-bond donors (Lipinski definition) is 2. The van der Waals surface area contributed by atoms with E-state index in [0.717, 1.165) is 37.4 Å². The molecule has 7 nitrogen and oxygen atoms in total. The Labute approximate surface area is 190 Å². The molecule has 0 saturated carbocycles. The van der Waals surface area contributed by atoms with Gasteiger partial charge in [0.25, 0.3) is 5.91 Å². The van der Waals surface area contributed by atoms with E-state index in [9.17, 15) is 9.59 Å². The third-order valence-corrected chi connectivity index (χ3v) is 5.47. The predicted molar refractivity (Wildman–Crippen MR) is 126 cm³/mol. The van der Waals surface area contributed by atoms with Gasteiger partial charge >= 0.3 is 0 Å². The number of likely N-dealkylation sites (tertiary alicyclic amines) is 1. The van der Waals surface area contributed by atoms with Crippen molar-refractivity contribution < 1.29 is 19.1 Å². The van der Waals surface area contributed by atoms with Crippen molar-refractivity contribution >= 4 is 23.2 Å². The largest absolute Gasteiger partial charge is 0.491 e. The summed E-state index contributed by atoms with van der Waals surface area (Å²) in [6, 6.07) is 14.5. The molecule has 2 N–H and O–H groups in total. The smallest absolute Gasteiger partial charge is 0.253 e. The van der Waals surface area contributed by atoms with Crippen LogP contribution in [0.5, 0.6) is 5.75 Å². The molecule has 0 spiro atoms. The van der Waals surface area contributed by atoms with Gasteiger partial charge < -0.3 is 25.0 Å². The fraction of sp³-hybridized carbons (Fsp3) is 0.440. The van der Waals surface area contributed by atoms with Gasteiger partial charge in [-0.05, 0) is 62.1 Å². The van der Waals surface area contributed by atoms with Crippen LogP contribution in [0.1, 0.15) is 37.0 Å². The summed E-state index contributed by atoms with van der Waals surface area (Å²) in [5.74, 6) is 1.29. The molecule has 1 saturated heterocycles. The maximum atomic E-state index is 12.6. The van der Waals surface area contributed by atoms with E-state index in [4.69, 9.17) is 9.47 Å². The topological polar surface area (TPSA) is 79.9 Å². The molecule has 0 atom stereocenters. The fourth-order valence-corrected chi connectivity index (χ4v) is 3.54. The van der Waals surface area contributed by atoms with Crippen LogP contribution < -0.4 is 15.4 Å². The normalized spacial score (nSPS) is 14.1. The van der Waals surface area contributed by atoms with E-state index >= 15 is 0 Å². The number of nitrogens with zero attached hydrogens (tertiary/aromatic N) is 1. The minimum atomic E-state index is -0.170. The van der Waals surface area contributed by atoms with Gasteiger partial charge in [-0.25, -0.2) is 0 Å². The lowest BCUT2D eigenvalue weighted by Crippen LogP contribution is -2.37. The molecule has 0 unspecified atom stereocenters. The summed E-state index contributed by atoms with van der Waals surface area (Å²) in [6.07, 6.45) is 2.10. The Kier molecular flexibility index (Phi) is 8.92. The van der Waals surface area contributed by atoms with Gasteiger partial charge in [0.15, 0.2) is 0 Å². The molecule has 2 aromatic rings. The summed E-state index contributed by atoms with van der Waals surface area (Å²) in [5.41, 5.74) is 2.11. The number of nitrogens with one attached hydrogen (secondary N) is 2. The van der Waals surface area contributed by atoms with E-state index in [1.165, 1.54) is 0 Å². The van der Waals surface area contributed by atoms with E-state index in [-0.39, 0.29) is 18.4 Å². The molecule has 2 amide bonds. The highest BCUT2D eigenvalue weighted by Gasteiger charge is 2.21. The van der Waals surface area contributed by atoms with Crippen LogP contribution in [0.3, 0.4) is 0 Å². The molecule has 1 fully saturated rings. The molecule has 3 rings (SSSR count). The molecule has 0 bridgehead atoms. The molecule has 0 aliphatic carbocycles. The quantitative estimate of drug-likeness (QED) is 0.547. The Morgan fingerprint density at radius 1 is 1.03 bits per heavy atom. The van der Waals surface area contributed by atoms with Gasteiger partial charge in [-0.2, -0.15) is 0 Å². The van der Waals surface area contributed by atoms with Crippen molar-refractivity contribution in [1.82, 2.24) is 4.90 Å². The SMILES string of the molecule is CCOCCOc1cccc(NCC(=O)Nc2ccc(C(=O)N3CCC(C)CC3)cc2)c1. The van der Waals surface area contributed by atoms with Crippen LogP contribution in [-0.2, 0) is 9.53 Å². The first-order chi connectivity index (χ1) is 15.5. The zero-order valence-electron chi connectivity index (χ0n) is 18.9. The highest BCUT2D eigenvalue weighted by atomic mass is 16.5. The number of amides is 2. The lowest BCUT2D eigenvalue weighted by molar-refractivity contribution is -0.114. The highest BCUT2D eigenvalue weighted by Crippen LogP contribution is 2.20. The van der Waals surface area contributed by atoms with E-state index < -0.39 is 0 Å². The van der Waals surface area contributed by atoms with Gasteiger partial charge in [-0.15, -0.1) is 0 Å². The Hall–Kier alpha value is -3.06. The Balaban J connectivity index is 1.44. The molecule has 2 aromatic carbocycles. The first-order valence-electron chi connectivity index (χ1n) is 11.3. The first kappa shape index (κ1) is 23.6. The summed E-state index contributed by atoms with van der Waals surface area (Å²) < 4.78 is 10.9. The highest BCUT2D eigenvalue weighted by molar-refractivity contribution is 5.96. The Morgan fingerprint density at radius 3 is 2.50 bits per heavy atom. The fourth-order valence-electron chi connectivity index (χ4n) is 3.54. The van der Waals surface area contributed by atoms with E-state index in [0.29, 0.717) is 37.0 Å². The Bertz CT molecular complexity index is 877. The summed E-state index contributed by atoms with van der Waals surface area (Å²) in [5, 5.41) is 5.95. The number of anilines is 2. The molecular formula is C25H33N3O4. The van der Waals surface area contributed by atoms with Crippen LogP contribution in [0, 0.1) is 5.92 Å². The number of rotatable bonds is 10. The number of carbonyl (C=O) groups excluding carboxylic acids is 2. The molecule has 1 aliphatic rings. The third-order valence-electron chi connectivity index (χ3n) is 5.47. The van der Waals surface area contributed by atoms with Crippen molar-refractivity contribution in [3.05, 3.63) is 54.1 Å². The monoisotopic (exact) mass is 439 g/mol. The standard InChI is InChI=1S/C25H33N3O4/c1-3-31-15-16-32-23-6-4-5-22(17-23)26-18-24(29)27-21-9-7-20(8-10-21)25(30)28-13-11-19(2)12-14-28/h4-10,17,19,26H,3,11-16,18H2,1-2H3,(H,27,29). The zero-order chi connectivity index (χ0) is 22.8. The van der Waals surface area contributed by atoms with Gasteiger partial charge in [-0.1, -0.05) is 13.0 Å². The maximum Gasteiger partial charge on any atom is 0.253 e. The van der Waals surface area contributed by atoms with Crippen molar-refractivity contribution in [2.75, 3.05) is 50.1 Å². The summed E-state index contributed by atoms with van der Waals surface area (Å²) in [6.45, 7) is 7.59. The van der Waals surface area contributed by atoms with Crippen LogP contribution >= 0.6 is 0 Å². The first-order valence-corrected chi connectivity index (χ1v) is 11.3. The minimum Gasteiger partial charge on any atom is -0.491 e. The van der Waals surface area contributed by atoms with Crippen molar-refractivity contribution in [3.63, 3.8) is 0 Å². The molecule has 32 heavy (non-hydrogen) atoms. The average molecular weight is 440 g/mol. The van der Waals surface area contributed by atoms with Gasteiger partial charge in [0.2, 0.25) is 5.91 Å². The van der Waals surface area contributed by atoms with Crippen LogP contribution in [0.2, 0.25) is 0 Å². The van der Waals surface area contributed by atoms with Crippen molar-refractivity contribution in [3.8, 4) is 5.75 Å². The number of piperidine rings is 1. The van der Waals surface area contributed by atoms with Crippen LogP contribution in [0.15, 0.2) is 48.5 Å². The molecule has 0 aromatic heterocycles. The molecule has 1 heterocycles. The van der Waals surface area contributed by atoms with Crippen molar-refractivity contribution in [2.45, 2.75) is 26.7 Å². The lowest BCUT2D eigenvalue weighted by Gasteiger charge is -2.30. The van der Waals surface area contributed by atoms with E-state index in [1.54, 1.807) is 24.3 Å². The van der Waals surface area contributed by atoms with Crippen molar-refractivity contribution in [1.29, 1.82) is 0 Å². The number of carbonyl (C=O) groups is 2. The third kappa shape index (κ3) is 7.27. The average Bonchev–Trinajstić information content (AvgIpc) is 2.81. The van der Waals surface area contributed by atoms with E-state index in [1.807, 2.05) is 36.1 Å². The minimum absolute atomic E-state index is 0.0554. The van der Waals surface area contributed by atoms with Crippen LogP contribution in [-0.4, -0.2) is 56.2 Å². The maximum absolute atomic E-state index is 12.6. The van der Waals surface area contributed by atoms with E-state index in [2.05, 4.69) is 17.6 Å². The number of ether oxygens (including phenoxy) is 2. The molecule has 172 valence electrons. The van der Waals surface area contributed by atoms with Crippen molar-refractivity contribution in [2.24, 2.45) is 5.92 Å². The van der Waals surface area contributed by atoms with Gasteiger partial charge in [-0.3, -0.25) is 9.59 Å². The van der Waals surface area contributed by atoms with Gasteiger partial charge in [0, 0.05) is 42.7 Å². The number of hydrogen-bond acceptors (Lipinski definition) is 5. The second-order valence-corrected chi connectivity index (χ2v) is 8.03. The van der Waals surface area contributed by atoms with Gasteiger partial charge in [0.1, 0.15) is 12.4 Å². The second kappa shape index (κ2) is 12.1. The summed E-state index contributed by atoms with van der Waals surface area (Å²) >= 11 is 0. The summed E-state index contributed by atoms with van der Waals surface area (Å²) in [7, 11) is 0. The molecule has 7 heteroatoms. The molecule has 1 aliphatic heterocycles. The summed E-state index contributed by atoms with van der Waals surface area (Å²) in [4.78, 5) is 26.9.